The second kappa shape index (κ2) is 2.60. The van der Waals surface area contributed by atoms with Gasteiger partial charge in [0, 0.05) is 28.0 Å². The Morgan fingerprint density at radius 3 is 3.00 bits per heavy atom. The van der Waals surface area contributed by atoms with Crippen molar-refractivity contribution in [3.63, 3.8) is 0 Å². The Labute approximate surface area is 76.4 Å². The van der Waals surface area contributed by atoms with Gasteiger partial charge in [-0.3, -0.25) is 9.19 Å². The molecule has 13 heavy (non-hydrogen) atoms. The number of hydrogen-bond acceptors (Lipinski definition) is 3. The van der Waals surface area contributed by atoms with Crippen LogP contribution in [0.15, 0.2) is 33.9 Å². The number of fused-ring (bicyclic) bond motifs is 1. The minimum atomic E-state index is -2.27. The molecule has 2 heterocycles. The molecule has 0 N–H and O–H groups in total. The second-order valence-corrected chi connectivity index (χ2v) is 5.37. The summed E-state index contributed by atoms with van der Waals surface area (Å²) >= 11 is 0. The van der Waals surface area contributed by atoms with Gasteiger partial charge in [0.2, 0.25) is 0 Å². The molecule has 68 valence electrons. The Morgan fingerprint density at radius 2 is 2.38 bits per heavy atom. The third-order valence-corrected chi connectivity index (χ3v) is 2.74. The number of pyridine rings is 1. The van der Waals surface area contributed by atoms with Crippen molar-refractivity contribution >= 4 is 26.5 Å². The van der Waals surface area contributed by atoms with Crippen molar-refractivity contribution in [2.75, 3.05) is 6.26 Å². The van der Waals surface area contributed by atoms with E-state index < -0.39 is 9.52 Å². The van der Waals surface area contributed by atoms with Gasteiger partial charge in [-0.25, -0.2) is 0 Å². The predicted molar refractivity (Wildman–Crippen MR) is 53.5 cm³/mol. The summed E-state index contributed by atoms with van der Waals surface area (Å²) in [6.07, 6.45) is 3.22. The topological polar surface area (TPSA) is 43.1 Å². The van der Waals surface area contributed by atoms with Crippen LogP contribution in [0.5, 0.6) is 0 Å². The molecule has 0 aromatic carbocycles. The fourth-order valence-electron chi connectivity index (χ4n) is 1.06. The van der Waals surface area contributed by atoms with Gasteiger partial charge in [0.05, 0.1) is 0 Å². The van der Waals surface area contributed by atoms with Crippen LogP contribution >= 0.6 is 0 Å². The molecule has 0 spiro atoms. The van der Waals surface area contributed by atoms with E-state index >= 15 is 0 Å². The highest BCUT2D eigenvalue weighted by atomic mass is 32.2. The van der Waals surface area contributed by atoms with Crippen LogP contribution in [0, 0.1) is 0 Å². The zero-order valence-electron chi connectivity index (χ0n) is 7.19. The summed E-state index contributed by atoms with van der Waals surface area (Å²) in [4.78, 5) is 4.07. The van der Waals surface area contributed by atoms with Gasteiger partial charge in [0.15, 0.2) is 10.7 Å². The molecular weight excluding hydrogens is 186 g/mol. The van der Waals surface area contributed by atoms with Gasteiger partial charge in [0.25, 0.3) is 0 Å². The average Bonchev–Trinajstić information content (AvgIpc) is 2.45. The van der Waals surface area contributed by atoms with E-state index in [0.717, 1.165) is 5.52 Å². The van der Waals surface area contributed by atoms with Crippen molar-refractivity contribution < 1.29 is 8.63 Å². The molecule has 0 aliphatic carbocycles. The van der Waals surface area contributed by atoms with E-state index in [9.17, 15) is 4.21 Å². The third-order valence-electron chi connectivity index (χ3n) is 1.69. The fraction of sp³-hybridized carbons (Fsp3) is 0.111. The van der Waals surface area contributed by atoms with Crippen LogP contribution in [0.25, 0.3) is 11.1 Å². The maximum absolute atomic E-state index is 11.5. The zero-order chi connectivity index (χ0) is 9.47. The Kier molecular flexibility index (Phi) is 1.66. The smallest absolute Gasteiger partial charge is 0.184 e. The van der Waals surface area contributed by atoms with E-state index in [1.54, 1.807) is 30.7 Å². The maximum Gasteiger partial charge on any atom is 0.184 e. The number of aromatic nitrogens is 1. The summed E-state index contributed by atoms with van der Waals surface area (Å²) < 4.78 is 16.9. The highest BCUT2D eigenvalue weighted by molar-refractivity contribution is 7.99. The minimum absolute atomic E-state index is 0.404. The van der Waals surface area contributed by atoms with Gasteiger partial charge < -0.3 is 4.42 Å². The van der Waals surface area contributed by atoms with Crippen molar-refractivity contribution in [2.45, 2.75) is 5.09 Å². The number of nitrogens with zero attached hydrogens (tertiary/aromatic N) is 1. The predicted octanol–water partition coefficient (Wildman–Crippen LogP) is 1.53. The normalized spacial score (nSPS) is 15.8. The Bertz CT molecular complexity index is 506. The highest BCUT2D eigenvalue weighted by Gasteiger charge is 2.08. The van der Waals surface area contributed by atoms with Crippen LogP contribution < -0.4 is 0 Å². The van der Waals surface area contributed by atoms with Crippen molar-refractivity contribution in [2.24, 2.45) is 0 Å². The first-order chi connectivity index (χ1) is 6.07. The van der Waals surface area contributed by atoms with Gasteiger partial charge in [-0.2, -0.15) is 0 Å². The van der Waals surface area contributed by atoms with Crippen LogP contribution in [-0.2, 0) is 9.52 Å². The molecule has 3 nitrogen and oxygen atoms in total. The Hall–Kier alpha value is -1.29. The minimum Gasteiger partial charge on any atom is -0.446 e. The lowest BCUT2D eigenvalue weighted by molar-refractivity contribution is 0.503. The number of hydrogen-bond donors (Lipinski definition) is 0. The van der Waals surface area contributed by atoms with Crippen LogP contribution in [0.3, 0.4) is 0 Å². The van der Waals surface area contributed by atoms with Gasteiger partial charge >= 0.3 is 0 Å². The molecule has 0 saturated carbocycles. The van der Waals surface area contributed by atoms with Crippen molar-refractivity contribution in [3.05, 3.63) is 24.4 Å². The molecule has 0 fully saturated rings. The van der Waals surface area contributed by atoms with Gasteiger partial charge in [-0.05, 0) is 18.0 Å². The Balaban J connectivity index is 2.77. The molecule has 0 aliphatic heterocycles. The summed E-state index contributed by atoms with van der Waals surface area (Å²) in [5.74, 6) is 3.54. The number of rotatable bonds is 1. The van der Waals surface area contributed by atoms with E-state index in [1.807, 2.05) is 0 Å². The Morgan fingerprint density at radius 1 is 1.62 bits per heavy atom. The first-order valence-electron chi connectivity index (χ1n) is 3.74. The third kappa shape index (κ3) is 1.45. The largest absolute Gasteiger partial charge is 0.446 e. The van der Waals surface area contributed by atoms with Crippen LogP contribution in [0.2, 0.25) is 0 Å². The molecule has 1 atom stereocenters. The molecule has 0 bridgehead atoms. The summed E-state index contributed by atoms with van der Waals surface area (Å²) in [6.45, 7) is 0. The summed E-state index contributed by atoms with van der Waals surface area (Å²) in [7, 11) is -2.27. The van der Waals surface area contributed by atoms with Crippen molar-refractivity contribution in [3.8, 4) is 0 Å². The molecule has 4 heteroatoms. The monoisotopic (exact) mass is 195 g/mol. The van der Waals surface area contributed by atoms with Gasteiger partial charge in [0.1, 0.15) is 5.52 Å². The van der Waals surface area contributed by atoms with Crippen molar-refractivity contribution in [1.82, 2.24) is 4.98 Å². The lowest BCUT2D eigenvalue weighted by Crippen LogP contribution is -1.92. The fourth-order valence-corrected chi connectivity index (χ4v) is 1.69. The van der Waals surface area contributed by atoms with Crippen LogP contribution in [0.1, 0.15) is 0 Å². The van der Waals surface area contributed by atoms with Gasteiger partial charge in [-0.1, -0.05) is 0 Å². The lowest BCUT2D eigenvalue weighted by atomic mass is 10.4. The molecule has 0 radical (unpaired) electrons. The highest BCUT2D eigenvalue weighted by Crippen LogP contribution is 2.19. The standard InChI is InChI=1S/C9H9NO2S/c1-13(2,11)9-6-7-8(12-9)4-3-5-10-7/h3-6H,1H2,2H3. The van der Waals surface area contributed by atoms with E-state index in [-0.39, 0.29) is 0 Å². The average molecular weight is 195 g/mol. The van der Waals surface area contributed by atoms with E-state index in [1.165, 1.54) is 0 Å². The molecule has 0 saturated heterocycles. The van der Waals surface area contributed by atoms with Gasteiger partial charge in [-0.15, -0.1) is 0 Å². The molecule has 2 aromatic rings. The molecular formula is C9H9NO2S. The zero-order valence-corrected chi connectivity index (χ0v) is 8.00. The van der Waals surface area contributed by atoms with E-state index in [4.69, 9.17) is 4.42 Å². The lowest BCUT2D eigenvalue weighted by Gasteiger charge is -1.93. The van der Waals surface area contributed by atoms with Crippen molar-refractivity contribution in [1.29, 1.82) is 0 Å². The van der Waals surface area contributed by atoms with Crippen LogP contribution in [-0.4, -0.2) is 21.3 Å². The molecule has 0 amide bonds. The maximum atomic E-state index is 11.5. The van der Waals surface area contributed by atoms with E-state index in [2.05, 4.69) is 10.9 Å². The van der Waals surface area contributed by atoms with Crippen LogP contribution in [0.4, 0.5) is 0 Å². The first kappa shape index (κ1) is 8.31. The SMILES string of the molecule is C=S(C)(=O)c1cc2ncccc2o1. The molecule has 2 aromatic heterocycles. The molecule has 1 unspecified atom stereocenters. The first-order valence-corrected chi connectivity index (χ1v) is 5.88. The van der Waals surface area contributed by atoms with E-state index in [0.29, 0.717) is 10.7 Å². The summed E-state index contributed by atoms with van der Waals surface area (Å²) in [5.41, 5.74) is 1.37. The summed E-state index contributed by atoms with van der Waals surface area (Å²) in [6, 6.07) is 5.23. The molecule has 0 aliphatic rings. The second-order valence-electron chi connectivity index (χ2n) is 2.96. The quantitative estimate of drug-likeness (QED) is 0.648. The number of furan rings is 1. The molecule has 2 rings (SSSR count). The summed E-state index contributed by atoms with van der Waals surface area (Å²) in [5, 5.41) is 0.404.